The predicted molar refractivity (Wildman–Crippen MR) is 79.2 cm³/mol. The van der Waals surface area contributed by atoms with Crippen LogP contribution in [0.5, 0.6) is 0 Å². The van der Waals surface area contributed by atoms with Crippen molar-refractivity contribution in [1.82, 2.24) is 0 Å². The van der Waals surface area contributed by atoms with Gasteiger partial charge in [-0.2, -0.15) is 0 Å². The van der Waals surface area contributed by atoms with Gasteiger partial charge in [0.1, 0.15) is 6.04 Å². The third-order valence-electron chi connectivity index (χ3n) is 3.39. The Morgan fingerprint density at radius 2 is 1.86 bits per heavy atom. The summed E-state index contributed by atoms with van der Waals surface area (Å²) in [7, 11) is 1.32. The second kappa shape index (κ2) is 5.28. The van der Waals surface area contributed by atoms with Crippen LogP contribution in [0.2, 0.25) is 0 Å². The lowest BCUT2D eigenvalue weighted by Gasteiger charge is -2.27. The van der Waals surface area contributed by atoms with E-state index in [4.69, 9.17) is 0 Å². The van der Waals surface area contributed by atoms with Crippen molar-refractivity contribution < 1.29 is 14.3 Å². The monoisotopic (exact) mass is 282 g/mol. The fourth-order valence-electron chi connectivity index (χ4n) is 2.32. The van der Waals surface area contributed by atoms with E-state index in [0.717, 1.165) is 11.3 Å². The minimum Gasteiger partial charge on any atom is -0.465 e. The van der Waals surface area contributed by atoms with Crippen molar-refractivity contribution in [3.05, 3.63) is 59.7 Å². The van der Waals surface area contributed by atoms with E-state index in [9.17, 15) is 9.59 Å². The highest BCUT2D eigenvalue weighted by Crippen LogP contribution is 2.33. The van der Waals surface area contributed by atoms with Crippen molar-refractivity contribution in [2.75, 3.05) is 17.7 Å². The maximum absolute atomic E-state index is 12.2. The first kappa shape index (κ1) is 13.2. The smallest absolute Gasteiger partial charge is 0.337 e. The zero-order valence-corrected chi connectivity index (χ0v) is 11.4. The molecule has 21 heavy (non-hydrogen) atoms. The van der Waals surface area contributed by atoms with E-state index >= 15 is 0 Å². The molecular weight excluding hydrogens is 268 g/mol. The molecule has 1 aliphatic rings. The van der Waals surface area contributed by atoms with Crippen LogP contribution in [0.15, 0.2) is 48.5 Å². The maximum atomic E-state index is 12.2. The molecule has 1 amide bonds. The first-order valence-corrected chi connectivity index (χ1v) is 6.54. The van der Waals surface area contributed by atoms with Gasteiger partial charge >= 0.3 is 5.97 Å². The summed E-state index contributed by atoms with van der Waals surface area (Å²) < 4.78 is 4.67. The lowest BCUT2D eigenvalue weighted by molar-refractivity contribution is -0.117. The van der Waals surface area contributed by atoms with Crippen LogP contribution < -0.4 is 10.6 Å². The van der Waals surface area contributed by atoms with Gasteiger partial charge in [-0.25, -0.2) is 4.79 Å². The normalized spacial score (nSPS) is 16.4. The highest BCUT2D eigenvalue weighted by atomic mass is 16.5. The van der Waals surface area contributed by atoms with Gasteiger partial charge in [0.15, 0.2) is 0 Å². The van der Waals surface area contributed by atoms with Crippen molar-refractivity contribution in [2.24, 2.45) is 0 Å². The van der Waals surface area contributed by atoms with Crippen LogP contribution >= 0.6 is 0 Å². The minimum absolute atomic E-state index is 0.157. The van der Waals surface area contributed by atoms with Crippen molar-refractivity contribution in [1.29, 1.82) is 0 Å². The fourth-order valence-corrected chi connectivity index (χ4v) is 2.32. The van der Waals surface area contributed by atoms with Gasteiger partial charge in [-0.15, -0.1) is 0 Å². The number of rotatable bonds is 2. The average molecular weight is 282 g/mol. The number of hydrogen-bond acceptors (Lipinski definition) is 4. The van der Waals surface area contributed by atoms with Gasteiger partial charge in [0.25, 0.3) is 5.91 Å². The molecule has 0 saturated heterocycles. The molecule has 0 aromatic heterocycles. The molecule has 0 spiro atoms. The topological polar surface area (TPSA) is 67.4 Å². The fraction of sp³-hybridized carbons (Fsp3) is 0.125. The summed E-state index contributed by atoms with van der Waals surface area (Å²) in [5.41, 5.74) is 2.64. The van der Waals surface area contributed by atoms with E-state index in [1.165, 1.54) is 7.11 Å². The van der Waals surface area contributed by atoms with Gasteiger partial charge in [0.2, 0.25) is 0 Å². The molecule has 0 fully saturated rings. The molecule has 0 aliphatic carbocycles. The number of carbonyl (C=O) groups excluding carboxylic acids is 2. The number of carbonyl (C=O) groups is 2. The summed E-state index contributed by atoms with van der Waals surface area (Å²) >= 11 is 0. The molecule has 0 saturated carbocycles. The standard InChI is InChI=1S/C16H14N2O3/c1-21-16(20)11-7-8-12-13(9-11)18-15(19)14(17-12)10-5-3-2-4-6-10/h2-9,14,17H,1H3,(H,18,19)/t14-/m0/s1. The van der Waals surface area contributed by atoms with Gasteiger partial charge in [-0.05, 0) is 23.8 Å². The molecular formula is C16H14N2O3. The number of methoxy groups -OCH3 is 1. The first-order valence-electron chi connectivity index (χ1n) is 6.54. The molecule has 5 nitrogen and oxygen atoms in total. The number of anilines is 2. The second-order valence-corrected chi connectivity index (χ2v) is 4.73. The van der Waals surface area contributed by atoms with E-state index in [-0.39, 0.29) is 5.91 Å². The lowest BCUT2D eigenvalue weighted by Crippen LogP contribution is -2.32. The molecule has 1 atom stereocenters. The van der Waals surface area contributed by atoms with Crippen LogP contribution in [-0.4, -0.2) is 19.0 Å². The van der Waals surface area contributed by atoms with Gasteiger partial charge in [0.05, 0.1) is 24.0 Å². The zero-order valence-electron chi connectivity index (χ0n) is 11.4. The third-order valence-corrected chi connectivity index (χ3v) is 3.39. The minimum atomic E-state index is -0.442. The Labute approximate surface area is 121 Å². The zero-order chi connectivity index (χ0) is 14.8. The van der Waals surface area contributed by atoms with E-state index in [1.807, 2.05) is 30.3 Å². The Kier molecular flexibility index (Phi) is 3.31. The number of hydrogen-bond donors (Lipinski definition) is 2. The molecule has 2 N–H and O–H groups in total. The van der Waals surface area contributed by atoms with Crippen molar-refractivity contribution in [2.45, 2.75) is 6.04 Å². The SMILES string of the molecule is COC(=O)c1ccc2c(c1)NC(=O)[C@H](c1ccccc1)N2. The van der Waals surface area contributed by atoms with Gasteiger partial charge in [0, 0.05) is 0 Å². The lowest BCUT2D eigenvalue weighted by atomic mass is 10.0. The molecule has 2 aromatic carbocycles. The van der Waals surface area contributed by atoms with Crippen LogP contribution in [0.1, 0.15) is 22.0 Å². The summed E-state index contributed by atoms with van der Waals surface area (Å²) in [6, 6.07) is 14.1. The van der Waals surface area contributed by atoms with Gasteiger partial charge in [-0.1, -0.05) is 30.3 Å². The molecule has 0 bridgehead atoms. The number of amides is 1. The number of nitrogens with one attached hydrogen (secondary N) is 2. The Bertz CT molecular complexity index is 698. The Morgan fingerprint density at radius 1 is 1.10 bits per heavy atom. The first-order chi connectivity index (χ1) is 10.2. The molecule has 0 unspecified atom stereocenters. The van der Waals surface area contributed by atoms with E-state index < -0.39 is 12.0 Å². The Balaban J connectivity index is 1.92. The Hall–Kier alpha value is -2.82. The van der Waals surface area contributed by atoms with E-state index in [1.54, 1.807) is 18.2 Å². The summed E-state index contributed by atoms with van der Waals surface area (Å²) in [6.45, 7) is 0. The molecule has 1 heterocycles. The van der Waals surface area contributed by atoms with Gasteiger partial charge in [-0.3, -0.25) is 4.79 Å². The molecule has 1 aliphatic heterocycles. The highest BCUT2D eigenvalue weighted by molar-refractivity contribution is 6.05. The predicted octanol–water partition coefficient (Wildman–Crippen LogP) is 2.58. The van der Waals surface area contributed by atoms with Crippen LogP contribution in [0.25, 0.3) is 0 Å². The van der Waals surface area contributed by atoms with Crippen molar-refractivity contribution >= 4 is 23.3 Å². The average Bonchev–Trinajstić information content (AvgIpc) is 2.53. The van der Waals surface area contributed by atoms with E-state index in [0.29, 0.717) is 11.3 Å². The maximum Gasteiger partial charge on any atom is 0.337 e. The van der Waals surface area contributed by atoms with Gasteiger partial charge < -0.3 is 15.4 Å². The van der Waals surface area contributed by atoms with Crippen LogP contribution in [0.4, 0.5) is 11.4 Å². The number of fused-ring (bicyclic) bond motifs is 1. The molecule has 2 aromatic rings. The number of esters is 1. The molecule has 0 radical (unpaired) electrons. The van der Waals surface area contributed by atoms with Crippen LogP contribution in [0.3, 0.4) is 0 Å². The van der Waals surface area contributed by atoms with Crippen molar-refractivity contribution in [3.8, 4) is 0 Å². The molecule has 5 heteroatoms. The van der Waals surface area contributed by atoms with E-state index in [2.05, 4.69) is 15.4 Å². The largest absolute Gasteiger partial charge is 0.465 e. The summed E-state index contributed by atoms with van der Waals surface area (Å²) in [4.78, 5) is 23.7. The molecule has 3 rings (SSSR count). The van der Waals surface area contributed by atoms with Crippen molar-refractivity contribution in [3.63, 3.8) is 0 Å². The number of ether oxygens (including phenoxy) is 1. The Morgan fingerprint density at radius 3 is 2.57 bits per heavy atom. The quantitative estimate of drug-likeness (QED) is 0.831. The summed E-state index contributed by atoms with van der Waals surface area (Å²) in [5.74, 6) is -0.590. The summed E-state index contributed by atoms with van der Waals surface area (Å²) in [5, 5.41) is 6.00. The third kappa shape index (κ3) is 2.45. The second-order valence-electron chi connectivity index (χ2n) is 4.73. The molecule has 106 valence electrons. The number of benzene rings is 2. The van der Waals surface area contributed by atoms with Crippen LogP contribution in [0, 0.1) is 0 Å². The highest BCUT2D eigenvalue weighted by Gasteiger charge is 2.27. The summed E-state index contributed by atoms with van der Waals surface area (Å²) in [6.07, 6.45) is 0. The van der Waals surface area contributed by atoms with Crippen LogP contribution in [-0.2, 0) is 9.53 Å².